The number of pyridine rings is 1. The van der Waals surface area contributed by atoms with Gasteiger partial charge < -0.3 is 21.1 Å². The molecule has 14 nitrogen and oxygen atoms in total. The van der Waals surface area contributed by atoms with Gasteiger partial charge in [0.05, 0.1) is 6.42 Å². The number of amides is 3. The third-order valence-electron chi connectivity index (χ3n) is 6.27. The van der Waals surface area contributed by atoms with Crippen LogP contribution in [0.2, 0.25) is 0 Å². The lowest BCUT2D eigenvalue weighted by Crippen LogP contribution is -2.56. The number of nitrogens with one attached hydrogen (secondary N) is 3. The van der Waals surface area contributed by atoms with Gasteiger partial charge in [-0.3, -0.25) is 29.0 Å². The zero-order valence-electron chi connectivity index (χ0n) is 23.6. The Kier molecular flexibility index (Phi) is 11.3. The highest BCUT2D eigenvalue weighted by molar-refractivity contribution is 5.95. The monoisotopic (exact) mass is 578 g/mol. The molecule has 42 heavy (non-hydrogen) atoms. The molecule has 0 aliphatic carbocycles. The summed E-state index contributed by atoms with van der Waals surface area (Å²) in [6.07, 6.45) is 3.08. The Hall–Kier alpha value is -5.01. The molecular weight excluding hydrogens is 544 g/mol. The van der Waals surface area contributed by atoms with Gasteiger partial charge in [-0.15, -0.1) is 10.2 Å². The molecule has 0 saturated carbocycles. The van der Waals surface area contributed by atoms with Crippen LogP contribution in [0.5, 0.6) is 0 Å². The van der Waals surface area contributed by atoms with Crippen LogP contribution in [0.3, 0.4) is 0 Å². The normalized spacial score (nSPS) is 13.0. The number of carbonyl (C=O) groups is 5. The first-order valence-electron chi connectivity index (χ1n) is 13.4. The molecule has 3 amide bonds. The minimum absolute atomic E-state index is 0.181. The maximum atomic E-state index is 13.0. The van der Waals surface area contributed by atoms with Crippen LogP contribution >= 0.6 is 0 Å². The smallest absolute Gasteiger partial charge is 0.305 e. The average Bonchev–Trinajstić information content (AvgIpc) is 3.43. The Labute approximate surface area is 242 Å². The highest BCUT2D eigenvalue weighted by Crippen LogP contribution is 2.11. The van der Waals surface area contributed by atoms with E-state index in [0.717, 1.165) is 10.4 Å². The molecule has 0 spiro atoms. The van der Waals surface area contributed by atoms with E-state index in [4.69, 9.17) is 0 Å². The number of nitrogens with zero attached hydrogens (tertiary/aromatic N) is 5. The average molecular weight is 579 g/mol. The quantitative estimate of drug-likeness (QED) is 0.197. The number of benzene rings is 1. The van der Waals surface area contributed by atoms with Gasteiger partial charge in [-0.2, -0.15) is 4.80 Å². The van der Waals surface area contributed by atoms with Crippen LogP contribution in [0.4, 0.5) is 0 Å². The predicted octanol–water partition coefficient (Wildman–Crippen LogP) is 0.542. The molecule has 0 aliphatic heterocycles. The summed E-state index contributed by atoms with van der Waals surface area (Å²) in [7, 11) is 0. The van der Waals surface area contributed by atoms with E-state index in [0.29, 0.717) is 12.0 Å². The van der Waals surface area contributed by atoms with Crippen molar-refractivity contribution >= 4 is 29.5 Å². The third kappa shape index (κ3) is 9.57. The lowest BCUT2D eigenvalue weighted by molar-refractivity contribution is -0.140. The van der Waals surface area contributed by atoms with E-state index in [-0.39, 0.29) is 24.1 Å². The van der Waals surface area contributed by atoms with Gasteiger partial charge in [0.1, 0.15) is 24.7 Å². The summed E-state index contributed by atoms with van der Waals surface area (Å²) in [5.41, 5.74) is 1.61. The number of aryl methyl sites for hydroxylation is 1. The van der Waals surface area contributed by atoms with E-state index in [1.54, 1.807) is 38.4 Å². The minimum Gasteiger partial charge on any atom is -0.481 e. The first-order valence-corrected chi connectivity index (χ1v) is 13.4. The molecule has 14 heteroatoms. The van der Waals surface area contributed by atoms with Crippen molar-refractivity contribution in [1.29, 1.82) is 0 Å². The highest BCUT2D eigenvalue weighted by atomic mass is 16.4. The van der Waals surface area contributed by atoms with Gasteiger partial charge in [-0.05, 0) is 42.2 Å². The van der Waals surface area contributed by atoms with Gasteiger partial charge >= 0.3 is 5.97 Å². The van der Waals surface area contributed by atoms with Gasteiger partial charge in [0.25, 0.3) is 0 Å². The second-order valence-corrected chi connectivity index (χ2v) is 10.0. The summed E-state index contributed by atoms with van der Waals surface area (Å²) >= 11 is 0. The van der Waals surface area contributed by atoms with Crippen molar-refractivity contribution < 1.29 is 29.1 Å². The van der Waals surface area contributed by atoms with E-state index in [1.807, 2.05) is 30.3 Å². The fourth-order valence-electron chi connectivity index (χ4n) is 3.94. The first-order chi connectivity index (χ1) is 20.0. The van der Waals surface area contributed by atoms with Crippen LogP contribution in [-0.4, -0.2) is 77.9 Å². The standard InChI is InChI=1S/C28H34N8O6/c1-17(2)25(32-23(38)10-9-19-7-5-4-6-8-19)28(42)30-18(3)27(41)31-21(15-24(39)40)22(37)16-36-34-26(33-35-36)20-11-13-29-14-12-20/h4-8,11-14,17-18,21,25H,9-10,15-16H2,1-3H3,(H,30,42)(H,31,41)(H,32,38)(H,39,40)/t18-,21?,25-/m0/s1. The molecule has 2 aromatic heterocycles. The van der Waals surface area contributed by atoms with Gasteiger partial charge in [0, 0.05) is 24.4 Å². The number of Topliss-reactive ketones (excluding diaryl/α,β-unsaturated/α-hetero) is 1. The SMILES string of the molecule is CC(C)[C@H](NC(=O)CCc1ccccc1)C(=O)N[C@@H](C)C(=O)NC(CC(=O)O)C(=O)Cn1nnc(-c2ccncc2)n1. The summed E-state index contributed by atoms with van der Waals surface area (Å²) < 4.78 is 0. The summed E-state index contributed by atoms with van der Waals surface area (Å²) in [6.45, 7) is 4.46. The first kappa shape index (κ1) is 31.5. The molecule has 0 aliphatic rings. The number of tetrazole rings is 1. The molecule has 0 bridgehead atoms. The van der Waals surface area contributed by atoms with E-state index in [9.17, 15) is 29.1 Å². The van der Waals surface area contributed by atoms with Crippen LogP contribution in [0.15, 0.2) is 54.9 Å². The van der Waals surface area contributed by atoms with Crippen molar-refractivity contribution in [3.63, 3.8) is 0 Å². The summed E-state index contributed by atoms with van der Waals surface area (Å²) in [5.74, 6) is -3.70. The van der Waals surface area contributed by atoms with E-state index >= 15 is 0 Å². The van der Waals surface area contributed by atoms with Crippen LogP contribution in [0, 0.1) is 5.92 Å². The molecule has 222 valence electrons. The zero-order chi connectivity index (χ0) is 30.6. The fourth-order valence-corrected chi connectivity index (χ4v) is 3.94. The molecule has 0 radical (unpaired) electrons. The molecule has 4 N–H and O–H groups in total. The molecule has 2 heterocycles. The fraction of sp³-hybridized carbons (Fsp3) is 0.393. The largest absolute Gasteiger partial charge is 0.481 e. The third-order valence-corrected chi connectivity index (χ3v) is 6.27. The van der Waals surface area contributed by atoms with Crippen molar-refractivity contribution in [3.05, 3.63) is 60.4 Å². The number of rotatable bonds is 15. The maximum absolute atomic E-state index is 13.0. The van der Waals surface area contributed by atoms with Gasteiger partial charge in [-0.1, -0.05) is 44.2 Å². The number of ketones is 1. The molecular formula is C28H34N8O6. The molecule has 0 saturated heterocycles. The highest BCUT2D eigenvalue weighted by Gasteiger charge is 2.30. The minimum atomic E-state index is -1.41. The second kappa shape index (κ2) is 15.1. The number of hydrogen-bond acceptors (Lipinski definition) is 9. The summed E-state index contributed by atoms with van der Waals surface area (Å²) in [4.78, 5) is 67.6. The Bertz CT molecular complexity index is 1380. The van der Waals surface area contributed by atoms with Crippen molar-refractivity contribution in [3.8, 4) is 11.4 Å². The van der Waals surface area contributed by atoms with E-state index < -0.39 is 54.7 Å². The van der Waals surface area contributed by atoms with Gasteiger partial charge in [0.2, 0.25) is 23.5 Å². The number of carbonyl (C=O) groups excluding carboxylic acids is 4. The molecule has 3 aromatic rings. The lowest BCUT2D eigenvalue weighted by Gasteiger charge is -2.25. The summed E-state index contributed by atoms with van der Waals surface area (Å²) in [6, 6.07) is 9.32. The second-order valence-electron chi connectivity index (χ2n) is 10.0. The summed E-state index contributed by atoms with van der Waals surface area (Å²) in [5, 5.41) is 28.8. The van der Waals surface area contributed by atoms with Gasteiger partial charge in [0.15, 0.2) is 5.78 Å². The van der Waals surface area contributed by atoms with Crippen LogP contribution < -0.4 is 16.0 Å². The Morgan fingerprint density at radius 3 is 2.24 bits per heavy atom. The molecule has 3 rings (SSSR count). The van der Waals surface area contributed by atoms with Gasteiger partial charge in [-0.25, -0.2) is 0 Å². The topological polar surface area (TPSA) is 198 Å². The number of carboxylic acids is 1. The Morgan fingerprint density at radius 1 is 0.905 bits per heavy atom. The Balaban J connectivity index is 1.57. The van der Waals surface area contributed by atoms with E-state index in [2.05, 4.69) is 36.3 Å². The number of aromatic nitrogens is 5. The predicted molar refractivity (Wildman–Crippen MR) is 149 cm³/mol. The van der Waals surface area contributed by atoms with Crippen LogP contribution in [0.25, 0.3) is 11.4 Å². The van der Waals surface area contributed by atoms with Crippen molar-refractivity contribution in [1.82, 2.24) is 41.1 Å². The number of aliphatic carboxylic acids is 1. The maximum Gasteiger partial charge on any atom is 0.305 e. The van der Waals surface area contributed by atoms with Crippen molar-refractivity contribution in [2.24, 2.45) is 5.92 Å². The van der Waals surface area contributed by atoms with Crippen molar-refractivity contribution in [2.75, 3.05) is 0 Å². The van der Waals surface area contributed by atoms with Crippen LogP contribution in [-0.2, 0) is 36.9 Å². The van der Waals surface area contributed by atoms with Crippen LogP contribution in [0.1, 0.15) is 39.2 Å². The Morgan fingerprint density at radius 2 is 1.60 bits per heavy atom. The molecule has 0 fully saturated rings. The number of hydrogen-bond donors (Lipinski definition) is 4. The molecule has 1 unspecified atom stereocenters. The molecule has 1 aromatic carbocycles. The van der Waals surface area contributed by atoms with E-state index in [1.165, 1.54) is 6.92 Å². The lowest BCUT2D eigenvalue weighted by atomic mass is 10.0. The number of carboxylic acid groups (broad SMARTS) is 1. The molecule has 3 atom stereocenters. The zero-order valence-corrected chi connectivity index (χ0v) is 23.6. The van der Waals surface area contributed by atoms with Crippen molar-refractivity contribution in [2.45, 2.75) is 64.7 Å².